The topological polar surface area (TPSA) is 106 Å². The lowest BCUT2D eigenvalue weighted by Crippen LogP contribution is -2.46. The van der Waals surface area contributed by atoms with Crippen molar-refractivity contribution in [2.45, 2.75) is 33.0 Å². The van der Waals surface area contributed by atoms with Crippen LogP contribution in [0.1, 0.15) is 19.4 Å². The van der Waals surface area contributed by atoms with E-state index in [2.05, 4.69) is 18.7 Å². The van der Waals surface area contributed by atoms with Gasteiger partial charge in [0.25, 0.3) is 0 Å². The zero-order valence-electron chi connectivity index (χ0n) is 16.4. The number of hydrogen-bond acceptors (Lipinski definition) is 6. The van der Waals surface area contributed by atoms with Crippen LogP contribution in [0.4, 0.5) is 0 Å². The van der Waals surface area contributed by atoms with E-state index >= 15 is 0 Å². The number of rotatable bonds is 7. The summed E-state index contributed by atoms with van der Waals surface area (Å²) < 4.78 is 17.0. The summed E-state index contributed by atoms with van der Waals surface area (Å²) in [5, 5.41) is 15.4. The second-order valence-electron chi connectivity index (χ2n) is 6.52. The van der Waals surface area contributed by atoms with Gasteiger partial charge < -0.3 is 24.4 Å². The van der Waals surface area contributed by atoms with E-state index in [1.165, 1.54) is 0 Å². The summed E-state index contributed by atoms with van der Waals surface area (Å²) in [4.78, 5) is 20.6. The molecule has 0 saturated carbocycles. The maximum absolute atomic E-state index is 9.10. The lowest BCUT2D eigenvalue weighted by molar-refractivity contribution is -0.159. The predicted octanol–water partition coefficient (Wildman–Crippen LogP) is 2.31. The Morgan fingerprint density at radius 3 is 2.32 bits per heavy atom. The largest absolute Gasteiger partial charge is 0.490 e. The van der Waals surface area contributed by atoms with Gasteiger partial charge in [-0.3, -0.25) is 4.90 Å². The van der Waals surface area contributed by atoms with Crippen molar-refractivity contribution in [1.29, 1.82) is 0 Å². The molecule has 1 aromatic carbocycles. The van der Waals surface area contributed by atoms with Crippen molar-refractivity contribution in [3.8, 4) is 5.75 Å². The minimum absolute atomic E-state index is 0.301. The molecule has 0 radical (unpaired) electrons. The van der Waals surface area contributed by atoms with Gasteiger partial charge in [-0.2, -0.15) is 0 Å². The number of carboxylic acids is 2. The number of halogens is 1. The van der Waals surface area contributed by atoms with Crippen LogP contribution in [0.15, 0.2) is 18.2 Å². The first kappa shape index (κ1) is 24.2. The highest BCUT2D eigenvalue weighted by molar-refractivity contribution is 6.32. The van der Waals surface area contributed by atoms with Crippen molar-refractivity contribution >= 4 is 23.5 Å². The van der Waals surface area contributed by atoms with Gasteiger partial charge >= 0.3 is 11.9 Å². The fourth-order valence-electron chi connectivity index (χ4n) is 2.69. The normalized spacial score (nSPS) is 19.4. The Balaban J connectivity index is 0.000000568. The summed E-state index contributed by atoms with van der Waals surface area (Å²) in [6, 6.07) is 5.77. The van der Waals surface area contributed by atoms with Crippen molar-refractivity contribution in [1.82, 2.24) is 4.90 Å². The Labute approximate surface area is 169 Å². The monoisotopic (exact) mass is 417 g/mol. The lowest BCUT2D eigenvalue weighted by atomic mass is 10.2. The van der Waals surface area contributed by atoms with Gasteiger partial charge in [-0.25, -0.2) is 9.59 Å². The highest BCUT2D eigenvalue weighted by Crippen LogP contribution is 2.25. The SMILES string of the molecule is Cc1ccc(Cl)c(OCCOCCN2CC(C)OC(C)C2)c1.O=C(O)C(=O)O. The molecule has 0 aliphatic carbocycles. The molecule has 0 aromatic heterocycles. The van der Waals surface area contributed by atoms with Crippen LogP contribution in [-0.4, -0.2) is 78.7 Å². The number of carbonyl (C=O) groups is 2. The van der Waals surface area contributed by atoms with Crippen molar-refractivity contribution < 1.29 is 34.0 Å². The Bertz CT molecular complexity index is 619. The first-order chi connectivity index (χ1) is 13.2. The highest BCUT2D eigenvalue weighted by atomic mass is 35.5. The molecule has 0 spiro atoms. The zero-order chi connectivity index (χ0) is 21.1. The molecule has 1 saturated heterocycles. The first-order valence-electron chi connectivity index (χ1n) is 8.99. The molecule has 28 heavy (non-hydrogen) atoms. The molecule has 8 nitrogen and oxygen atoms in total. The van der Waals surface area contributed by atoms with Crippen LogP contribution in [-0.2, 0) is 19.1 Å². The molecule has 0 amide bonds. The third kappa shape index (κ3) is 9.89. The van der Waals surface area contributed by atoms with E-state index < -0.39 is 11.9 Å². The van der Waals surface area contributed by atoms with Crippen molar-refractivity contribution in [3.05, 3.63) is 28.8 Å². The van der Waals surface area contributed by atoms with Gasteiger partial charge in [-0.05, 0) is 38.5 Å². The number of morpholine rings is 1. The molecule has 1 fully saturated rings. The molecular weight excluding hydrogens is 390 g/mol. The molecule has 1 aliphatic rings. The summed E-state index contributed by atoms with van der Waals surface area (Å²) in [6.45, 7) is 10.9. The van der Waals surface area contributed by atoms with E-state index in [9.17, 15) is 0 Å². The van der Waals surface area contributed by atoms with E-state index in [0.29, 0.717) is 37.1 Å². The average Bonchev–Trinajstić information content (AvgIpc) is 2.60. The fraction of sp³-hybridized carbons (Fsp3) is 0.579. The summed E-state index contributed by atoms with van der Waals surface area (Å²) in [7, 11) is 0. The minimum Gasteiger partial charge on any atom is -0.490 e. The van der Waals surface area contributed by atoms with E-state index in [0.717, 1.165) is 30.9 Å². The predicted molar refractivity (Wildman–Crippen MR) is 104 cm³/mol. The van der Waals surface area contributed by atoms with Crippen LogP contribution < -0.4 is 4.74 Å². The molecular formula is C19H28ClNO7. The number of ether oxygens (including phenoxy) is 3. The van der Waals surface area contributed by atoms with Gasteiger partial charge in [-0.1, -0.05) is 17.7 Å². The van der Waals surface area contributed by atoms with Crippen molar-refractivity contribution in [2.24, 2.45) is 0 Å². The second kappa shape index (κ2) is 12.6. The molecule has 158 valence electrons. The van der Waals surface area contributed by atoms with Gasteiger partial charge in [0.05, 0.1) is 30.4 Å². The summed E-state index contributed by atoms with van der Waals surface area (Å²) in [6.07, 6.45) is 0.603. The summed E-state index contributed by atoms with van der Waals surface area (Å²) in [5.41, 5.74) is 1.14. The van der Waals surface area contributed by atoms with Crippen LogP contribution >= 0.6 is 11.6 Å². The molecule has 2 unspecified atom stereocenters. The Hall–Kier alpha value is -1.87. The smallest absolute Gasteiger partial charge is 0.414 e. The lowest BCUT2D eigenvalue weighted by Gasteiger charge is -2.35. The number of aryl methyl sites for hydroxylation is 1. The summed E-state index contributed by atoms with van der Waals surface area (Å²) in [5.74, 6) is -2.92. The Morgan fingerprint density at radius 2 is 1.75 bits per heavy atom. The van der Waals surface area contributed by atoms with Crippen LogP contribution in [0.25, 0.3) is 0 Å². The average molecular weight is 418 g/mol. The molecule has 9 heteroatoms. The van der Waals surface area contributed by atoms with Crippen LogP contribution in [0.3, 0.4) is 0 Å². The standard InChI is InChI=1S/C17H26ClNO3.C2H2O4/c1-13-4-5-16(18)17(10-13)21-9-8-20-7-6-19-11-14(2)22-15(3)12-19;3-1(4)2(5)6/h4-5,10,14-15H,6-9,11-12H2,1-3H3;(H,3,4)(H,5,6). The van der Waals surface area contributed by atoms with E-state index in [1.807, 2.05) is 25.1 Å². The van der Waals surface area contributed by atoms with E-state index in [-0.39, 0.29) is 0 Å². The maximum atomic E-state index is 9.10. The van der Waals surface area contributed by atoms with E-state index in [1.54, 1.807) is 0 Å². The van der Waals surface area contributed by atoms with Crippen LogP contribution in [0, 0.1) is 6.92 Å². The molecule has 2 atom stereocenters. The number of aliphatic carboxylic acids is 2. The van der Waals surface area contributed by atoms with Crippen LogP contribution in [0.5, 0.6) is 5.75 Å². The number of nitrogens with zero attached hydrogens (tertiary/aromatic N) is 1. The molecule has 1 aliphatic heterocycles. The van der Waals surface area contributed by atoms with Crippen molar-refractivity contribution in [3.63, 3.8) is 0 Å². The maximum Gasteiger partial charge on any atom is 0.414 e. The summed E-state index contributed by atoms with van der Waals surface area (Å²) >= 11 is 6.08. The van der Waals surface area contributed by atoms with Gasteiger partial charge in [-0.15, -0.1) is 0 Å². The third-order valence-corrected chi connectivity index (χ3v) is 4.11. The van der Waals surface area contributed by atoms with Gasteiger partial charge in [0, 0.05) is 19.6 Å². The molecule has 2 rings (SSSR count). The molecule has 2 N–H and O–H groups in total. The Morgan fingerprint density at radius 1 is 1.14 bits per heavy atom. The highest BCUT2D eigenvalue weighted by Gasteiger charge is 2.21. The molecule has 1 aromatic rings. The first-order valence-corrected chi connectivity index (χ1v) is 9.37. The van der Waals surface area contributed by atoms with E-state index in [4.69, 9.17) is 45.6 Å². The van der Waals surface area contributed by atoms with Gasteiger partial charge in [0.15, 0.2) is 0 Å². The molecule has 1 heterocycles. The minimum atomic E-state index is -1.82. The van der Waals surface area contributed by atoms with Crippen molar-refractivity contribution in [2.75, 3.05) is 39.5 Å². The second-order valence-corrected chi connectivity index (χ2v) is 6.93. The third-order valence-electron chi connectivity index (χ3n) is 3.80. The fourth-order valence-corrected chi connectivity index (χ4v) is 2.87. The number of hydrogen-bond donors (Lipinski definition) is 2. The van der Waals surface area contributed by atoms with Gasteiger partial charge in [0.2, 0.25) is 0 Å². The Kier molecular flexibility index (Phi) is 10.8. The number of benzene rings is 1. The van der Waals surface area contributed by atoms with Gasteiger partial charge in [0.1, 0.15) is 12.4 Å². The number of carboxylic acid groups (broad SMARTS) is 2. The quantitative estimate of drug-likeness (QED) is 0.514. The zero-order valence-corrected chi connectivity index (χ0v) is 17.1. The van der Waals surface area contributed by atoms with Crippen LogP contribution in [0.2, 0.25) is 5.02 Å². The molecule has 0 bridgehead atoms.